The number of carbonyl (C=O) groups is 1. The van der Waals surface area contributed by atoms with E-state index in [9.17, 15) is 4.79 Å². The number of carbonyl (C=O) groups excluding carboxylic acids is 1. The highest BCUT2D eigenvalue weighted by molar-refractivity contribution is 5.75. The van der Waals surface area contributed by atoms with Crippen LogP contribution in [0.4, 0.5) is 5.69 Å². The number of hydrogen-bond acceptors (Lipinski definition) is 3. The lowest BCUT2D eigenvalue weighted by Crippen LogP contribution is -2.27. The van der Waals surface area contributed by atoms with E-state index in [4.69, 9.17) is 4.74 Å². The molecule has 0 fully saturated rings. The van der Waals surface area contributed by atoms with E-state index >= 15 is 0 Å². The molecule has 0 aromatic heterocycles. The van der Waals surface area contributed by atoms with Crippen molar-refractivity contribution in [1.82, 2.24) is 0 Å². The minimum absolute atomic E-state index is 0.187. The molecule has 94 valence electrons. The van der Waals surface area contributed by atoms with Gasteiger partial charge in [-0.15, -0.1) is 0 Å². The van der Waals surface area contributed by atoms with Gasteiger partial charge in [-0.05, 0) is 31.0 Å². The van der Waals surface area contributed by atoms with Crippen molar-refractivity contribution in [1.29, 1.82) is 0 Å². The van der Waals surface area contributed by atoms with Gasteiger partial charge in [-0.1, -0.05) is 25.5 Å². The van der Waals surface area contributed by atoms with Gasteiger partial charge in [-0.2, -0.15) is 0 Å². The molecule has 0 amide bonds. The van der Waals surface area contributed by atoms with E-state index in [0.717, 1.165) is 18.5 Å². The van der Waals surface area contributed by atoms with Gasteiger partial charge in [-0.25, -0.2) is 0 Å². The van der Waals surface area contributed by atoms with Gasteiger partial charge in [-0.3, -0.25) is 4.79 Å². The highest BCUT2D eigenvalue weighted by Gasteiger charge is 2.07. The summed E-state index contributed by atoms with van der Waals surface area (Å²) in [6, 6.07) is 8.31. The third-order valence-electron chi connectivity index (χ3n) is 2.59. The molecule has 0 N–H and O–H groups in total. The van der Waals surface area contributed by atoms with Crippen molar-refractivity contribution in [3.63, 3.8) is 0 Å². The summed E-state index contributed by atoms with van der Waals surface area (Å²) in [7, 11) is 1.89. The van der Waals surface area contributed by atoms with Crippen LogP contribution in [0.1, 0.15) is 25.8 Å². The summed E-state index contributed by atoms with van der Waals surface area (Å²) < 4.78 is 4.92. The third-order valence-corrected chi connectivity index (χ3v) is 2.59. The second kappa shape index (κ2) is 6.94. The van der Waals surface area contributed by atoms with Crippen LogP contribution in [0.5, 0.6) is 0 Å². The standard InChI is InChI=1S/C14H21NO2/c1-4-6-12-7-9-13(10-8-12)15(3)11-14(16)17-5-2/h7-10H,4-6,11H2,1-3H3. The van der Waals surface area contributed by atoms with Crippen LogP contribution in [0.25, 0.3) is 0 Å². The number of ether oxygens (including phenoxy) is 1. The Labute approximate surface area is 103 Å². The minimum Gasteiger partial charge on any atom is -0.465 e. The van der Waals surface area contributed by atoms with E-state index in [2.05, 4.69) is 19.1 Å². The summed E-state index contributed by atoms with van der Waals surface area (Å²) in [5, 5.41) is 0. The van der Waals surface area contributed by atoms with E-state index in [1.54, 1.807) is 0 Å². The molecule has 0 atom stereocenters. The van der Waals surface area contributed by atoms with E-state index in [1.807, 2.05) is 31.0 Å². The lowest BCUT2D eigenvalue weighted by molar-refractivity contribution is -0.141. The Bertz CT molecular complexity index is 346. The summed E-state index contributed by atoms with van der Waals surface area (Å²) in [6.07, 6.45) is 2.25. The normalized spacial score (nSPS) is 10.1. The molecular formula is C14H21NO2. The maximum absolute atomic E-state index is 11.3. The zero-order valence-electron chi connectivity index (χ0n) is 10.9. The molecule has 17 heavy (non-hydrogen) atoms. The largest absolute Gasteiger partial charge is 0.465 e. The monoisotopic (exact) mass is 235 g/mol. The first-order valence-electron chi connectivity index (χ1n) is 6.13. The van der Waals surface area contributed by atoms with Gasteiger partial charge in [0.2, 0.25) is 0 Å². The Morgan fingerprint density at radius 2 is 1.88 bits per heavy atom. The van der Waals surface area contributed by atoms with Crippen LogP contribution >= 0.6 is 0 Å². The molecule has 0 unspecified atom stereocenters. The van der Waals surface area contributed by atoms with Crippen molar-refractivity contribution in [2.24, 2.45) is 0 Å². The predicted octanol–water partition coefficient (Wildman–Crippen LogP) is 2.64. The highest BCUT2D eigenvalue weighted by Crippen LogP contribution is 2.14. The number of likely N-dealkylation sites (N-methyl/N-ethyl adjacent to an activating group) is 1. The molecule has 0 heterocycles. The van der Waals surface area contributed by atoms with Crippen LogP contribution in [0.3, 0.4) is 0 Å². The smallest absolute Gasteiger partial charge is 0.325 e. The van der Waals surface area contributed by atoms with Gasteiger partial charge < -0.3 is 9.64 Å². The summed E-state index contributed by atoms with van der Waals surface area (Å²) in [6.45, 7) is 4.71. The van der Waals surface area contributed by atoms with Crippen LogP contribution < -0.4 is 4.90 Å². The molecule has 0 aliphatic carbocycles. The molecule has 0 aliphatic rings. The lowest BCUT2D eigenvalue weighted by atomic mass is 10.1. The van der Waals surface area contributed by atoms with E-state index in [0.29, 0.717) is 13.2 Å². The van der Waals surface area contributed by atoms with Crippen LogP contribution in [0.15, 0.2) is 24.3 Å². The Morgan fingerprint density at radius 3 is 2.41 bits per heavy atom. The topological polar surface area (TPSA) is 29.5 Å². The molecule has 3 nitrogen and oxygen atoms in total. The molecular weight excluding hydrogens is 214 g/mol. The highest BCUT2D eigenvalue weighted by atomic mass is 16.5. The maximum atomic E-state index is 11.3. The van der Waals surface area contributed by atoms with Gasteiger partial charge in [0.1, 0.15) is 6.54 Å². The maximum Gasteiger partial charge on any atom is 0.325 e. The van der Waals surface area contributed by atoms with Crippen LogP contribution in [-0.2, 0) is 16.0 Å². The molecule has 0 bridgehead atoms. The number of benzene rings is 1. The second-order valence-corrected chi connectivity index (χ2v) is 4.08. The van der Waals surface area contributed by atoms with E-state index < -0.39 is 0 Å². The number of hydrogen-bond donors (Lipinski definition) is 0. The van der Waals surface area contributed by atoms with Crippen molar-refractivity contribution in [2.75, 3.05) is 25.1 Å². The second-order valence-electron chi connectivity index (χ2n) is 4.08. The van der Waals surface area contributed by atoms with Gasteiger partial charge in [0, 0.05) is 12.7 Å². The molecule has 0 aliphatic heterocycles. The quantitative estimate of drug-likeness (QED) is 0.710. The molecule has 1 aromatic rings. The Kier molecular flexibility index (Phi) is 5.53. The van der Waals surface area contributed by atoms with Gasteiger partial charge in [0.15, 0.2) is 0 Å². The van der Waals surface area contributed by atoms with Crippen LogP contribution in [-0.4, -0.2) is 26.2 Å². The summed E-state index contributed by atoms with van der Waals surface area (Å²) in [4.78, 5) is 13.2. The fraction of sp³-hybridized carbons (Fsp3) is 0.500. The summed E-state index contributed by atoms with van der Waals surface area (Å²) in [5.74, 6) is -0.187. The summed E-state index contributed by atoms with van der Waals surface area (Å²) >= 11 is 0. The zero-order chi connectivity index (χ0) is 12.7. The van der Waals surface area contributed by atoms with Gasteiger partial charge in [0.05, 0.1) is 6.61 Å². The number of anilines is 1. The Balaban J connectivity index is 2.56. The molecule has 0 saturated heterocycles. The number of nitrogens with zero attached hydrogens (tertiary/aromatic N) is 1. The molecule has 0 saturated carbocycles. The fourth-order valence-corrected chi connectivity index (χ4v) is 1.70. The van der Waals surface area contributed by atoms with Crippen molar-refractivity contribution < 1.29 is 9.53 Å². The van der Waals surface area contributed by atoms with Gasteiger partial charge in [0.25, 0.3) is 0 Å². The zero-order valence-corrected chi connectivity index (χ0v) is 10.9. The predicted molar refractivity (Wildman–Crippen MR) is 70.3 cm³/mol. The average molecular weight is 235 g/mol. The van der Waals surface area contributed by atoms with Crippen LogP contribution in [0, 0.1) is 0 Å². The number of esters is 1. The molecule has 0 spiro atoms. The lowest BCUT2D eigenvalue weighted by Gasteiger charge is -2.18. The van der Waals surface area contributed by atoms with Crippen molar-refractivity contribution >= 4 is 11.7 Å². The average Bonchev–Trinajstić information content (AvgIpc) is 2.30. The van der Waals surface area contributed by atoms with Crippen molar-refractivity contribution in [2.45, 2.75) is 26.7 Å². The third kappa shape index (κ3) is 4.47. The first-order valence-corrected chi connectivity index (χ1v) is 6.13. The molecule has 0 radical (unpaired) electrons. The number of aryl methyl sites for hydroxylation is 1. The Morgan fingerprint density at radius 1 is 1.24 bits per heavy atom. The van der Waals surface area contributed by atoms with E-state index in [1.165, 1.54) is 5.56 Å². The van der Waals surface area contributed by atoms with Crippen LogP contribution in [0.2, 0.25) is 0 Å². The molecule has 3 heteroatoms. The van der Waals surface area contributed by atoms with E-state index in [-0.39, 0.29) is 5.97 Å². The Hall–Kier alpha value is -1.51. The molecule has 1 rings (SSSR count). The van der Waals surface area contributed by atoms with Crippen molar-refractivity contribution in [3.05, 3.63) is 29.8 Å². The molecule has 1 aromatic carbocycles. The van der Waals surface area contributed by atoms with Gasteiger partial charge >= 0.3 is 5.97 Å². The fourth-order valence-electron chi connectivity index (χ4n) is 1.70. The van der Waals surface area contributed by atoms with Crippen molar-refractivity contribution in [3.8, 4) is 0 Å². The SMILES string of the molecule is CCCc1ccc(N(C)CC(=O)OCC)cc1. The number of rotatable bonds is 6. The first-order chi connectivity index (χ1) is 8.17. The first kappa shape index (κ1) is 13.6. The summed E-state index contributed by atoms with van der Waals surface area (Å²) in [5.41, 5.74) is 2.37. The minimum atomic E-state index is -0.187.